The fourth-order valence-electron chi connectivity index (χ4n) is 4.03. The molecule has 0 spiro atoms. The number of thiazole rings is 1. The fraction of sp³-hybridized carbons (Fsp3) is 0.500. The van der Waals surface area contributed by atoms with Gasteiger partial charge < -0.3 is 4.90 Å². The minimum Gasteiger partial charge on any atom is -0.336 e. The van der Waals surface area contributed by atoms with Crippen LogP contribution < -0.4 is 0 Å². The smallest absolute Gasteiger partial charge is 0.265 e. The van der Waals surface area contributed by atoms with Crippen molar-refractivity contribution in [3.05, 3.63) is 40.7 Å². The molecule has 2 aromatic rings. The molecule has 0 radical (unpaired) electrons. The van der Waals surface area contributed by atoms with E-state index in [1.807, 2.05) is 11.8 Å². The van der Waals surface area contributed by atoms with Crippen molar-refractivity contribution < 1.29 is 9.18 Å². The Morgan fingerprint density at radius 3 is 2.73 bits per heavy atom. The van der Waals surface area contributed by atoms with E-state index in [0.717, 1.165) is 32.6 Å². The molecule has 2 fully saturated rings. The number of aryl methyl sites for hydroxylation is 1. The molecular weight excluding hydrogens is 349 g/mol. The lowest BCUT2D eigenvalue weighted by Crippen LogP contribution is -2.48. The summed E-state index contributed by atoms with van der Waals surface area (Å²) in [5.41, 5.74) is 1.16. The standard InChI is InChI=1S/C20H24FN3OS/c1-14-18(26-19(22-14)16-8-2-3-9-17(16)21)20(25)24-12-6-7-15(13-24)23-10-4-5-11-23/h2-3,8-9,15H,4-7,10-13H2,1H3/t15-/m1/s1. The number of carbonyl (C=O) groups excluding carboxylic acids is 1. The molecule has 1 amide bonds. The highest BCUT2D eigenvalue weighted by atomic mass is 32.1. The topological polar surface area (TPSA) is 36.4 Å². The highest BCUT2D eigenvalue weighted by molar-refractivity contribution is 7.17. The Morgan fingerprint density at radius 1 is 1.19 bits per heavy atom. The summed E-state index contributed by atoms with van der Waals surface area (Å²) in [7, 11) is 0. The van der Waals surface area contributed by atoms with Crippen LogP contribution in [0.2, 0.25) is 0 Å². The normalized spacial score (nSPS) is 21.3. The van der Waals surface area contributed by atoms with Gasteiger partial charge in [0.05, 0.1) is 5.69 Å². The molecule has 6 heteroatoms. The summed E-state index contributed by atoms with van der Waals surface area (Å²) in [5.74, 6) is -0.251. The number of aromatic nitrogens is 1. The molecule has 0 bridgehead atoms. The molecule has 4 rings (SSSR count). The summed E-state index contributed by atoms with van der Waals surface area (Å²) in [6.07, 6.45) is 4.76. The van der Waals surface area contributed by atoms with E-state index < -0.39 is 0 Å². The number of hydrogen-bond donors (Lipinski definition) is 0. The Morgan fingerprint density at radius 2 is 1.96 bits per heavy atom. The van der Waals surface area contributed by atoms with Crippen LogP contribution in [0.3, 0.4) is 0 Å². The van der Waals surface area contributed by atoms with E-state index in [1.54, 1.807) is 18.2 Å². The van der Waals surface area contributed by atoms with Crippen LogP contribution in [0.25, 0.3) is 10.6 Å². The Bertz CT molecular complexity index is 800. The van der Waals surface area contributed by atoms with Gasteiger partial charge in [-0.3, -0.25) is 9.69 Å². The van der Waals surface area contributed by atoms with E-state index in [9.17, 15) is 9.18 Å². The van der Waals surface area contributed by atoms with Crippen LogP contribution in [0.4, 0.5) is 4.39 Å². The van der Waals surface area contributed by atoms with Crippen LogP contribution >= 0.6 is 11.3 Å². The SMILES string of the molecule is Cc1nc(-c2ccccc2F)sc1C(=O)N1CCC[C@@H](N2CCCC2)C1. The van der Waals surface area contributed by atoms with Gasteiger partial charge in [0.2, 0.25) is 0 Å². The average Bonchev–Trinajstić information content (AvgIpc) is 3.32. The first-order chi connectivity index (χ1) is 12.6. The first-order valence-corrected chi connectivity index (χ1v) is 10.2. The van der Waals surface area contributed by atoms with Crippen LogP contribution in [0.15, 0.2) is 24.3 Å². The molecule has 2 aliphatic rings. The Hall–Kier alpha value is -1.79. The Kier molecular flexibility index (Phi) is 5.05. The van der Waals surface area contributed by atoms with Crippen molar-refractivity contribution in [2.24, 2.45) is 0 Å². The van der Waals surface area contributed by atoms with E-state index in [2.05, 4.69) is 9.88 Å². The first kappa shape index (κ1) is 17.6. The van der Waals surface area contributed by atoms with Crippen molar-refractivity contribution in [3.8, 4) is 10.6 Å². The molecule has 2 aliphatic heterocycles. The number of rotatable bonds is 3. The predicted molar refractivity (Wildman–Crippen MR) is 102 cm³/mol. The van der Waals surface area contributed by atoms with Crippen LogP contribution in [0, 0.1) is 12.7 Å². The second-order valence-electron chi connectivity index (χ2n) is 7.20. The van der Waals surface area contributed by atoms with Crippen molar-refractivity contribution in [2.75, 3.05) is 26.2 Å². The lowest BCUT2D eigenvalue weighted by Gasteiger charge is -2.37. The highest BCUT2D eigenvalue weighted by Gasteiger charge is 2.31. The largest absolute Gasteiger partial charge is 0.336 e. The Balaban J connectivity index is 1.53. The predicted octanol–water partition coefficient (Wildman–Crippen LogP) is 3.96. The van der Waals surface area contributed by atoms with Gasteiger partial charge in [0.1, 0.15) is 15.7 Å². The number of halogens is 1. The van der Waals surface area contributed by atoms with Gasteiger partial charge in [0.15, 0.2) is 0 Å². The molecule has 0 saturated carbocycles. The third kappa shape index (κ3) is 3.40. The third-order valence-corrected chi connectivity index (χ3v) is 6.61. The van der Waals surface area contributed by atoms with E-state index in [0.29, 0.717) is 27.2 Å². The second-order valence-corrected chi connectivity index (χ2v) is 8.20. The van der Waals surface area contributed by atoms with Gasteiger partial charge in [-0.15, -0.1) is 11.3 Å². The lowest BCUT2D eigenvalue weighted by atomic mass is 10.0. The van der Waals surface area contributed by atoms with Crippen molar-refractivity contribution >= 4 is 17.2 Å². The van der Waals surface area contributed by atoms with Crippen molar-refractivity contribution in [3.63, 3.8) is 0 Å². The summed E-state index contributed by atoms with van der Waals surface area (Å²) >= 11 is 1.31. The zero-order chi connectivity index (χ0) is 18.1. The third-order valence-electron chi connectivity index (χ3n) is 5.44. The van der Waals surface area contributed by atoms with Crippen LogP contribution in [-0.4, -0.2) is 52.9 Å². The molecular formula is C20H24FN3OS. The van der Waals surface area contributed by atoms with Crippen molar-refractivity contribution in [1.29, 1.82) is 0 Å². The molecule has 2 saturated heterocycles. The van der Waals surface area contributed by atoms with Crippen LogP contribution in [0.5, 0.6) is 0 Å². The van der Waals surface area contributed by atoms with Gasteiger partial charge in [0.25, 0.3) is 5.91 Å². The van der Waals surface area contributed by atoms with Gasteiger partial charge >= 0.3 is 0 Å². The van der Waals surface area contributed by atoms with Gasteiger partial charge in [-0.05, 0) is 57.8 Å². The van der Waals surface area contributed by atoms with Crippen LogP contribution in [-0.2, 0) is 0 Å². The molecule has 1 aromatic carbocycles. The summed E-state index contributed by atoms with van der Waals surface area (Å²) < 4.78 is 14.1. The quantitative estimate of drug-likeness (QED) is 0.817. The molecule has 3 heterocycles. The number of nitrogens with zero attached hydrogens (tertiary/aromatic N) is 3. The zero-order valence-electron chi connectivity index (χ0n) is 15.1. The fourth-order valence-corrected chi connectivity index (χ4v) is 5.09. The minimum absolute atomic E-state index is 0.0477. The minimum atomic E-state index is -0.299. The summed E-state index contributed by atoms with van der Waals surface area (Å²) in [4.78, 5) is 22.7. The van der Waals surface area contributed by atoms with Crippen molar-refractivity contribution in [2.45, 2.75) is 38.6 Å². The van der Waals surface area contributed by atoms with E-state index in [-0.39, 0.29) is 11.7 Å². The lowest BCUT2D eigenvalue weighted by molar-refractivity contribution is 0.0611. The van der Waals surface area contributed by atoms with Crippen molar-refractivity contribution in [1.82, 2.24) is 14.8 Å². The summed E-state index contributed by atoms with van der Waals surface area (Å²) in [6.45, 7) is 5.75. The number of carbonyl (C=O) groups is 1. The molecule has 1 aromatic heterocycles. The summed E-state index contributed by atoms with van der Waals surface area (Å²) in [6, 6.07) is 7.08. The number of likely N-dealkylation sites (tertiary alicyclic amines) is 2. The van der Waals surface area contributed by atoms with Crippen LogP contribution in [0.1, 0.15) is 41.0 Å². The summed E-state index contributed by atoms with van der Waals surface area (Å²) in [5, 5.41) is 0.581. The van der Waals surface area contributed by atoms with Gasteiger partial charge in [-0.2, -0.15) is 0 Å². The molecule has 0 aliphatic carbocycles. The number of benzene rings is 1. The highest BCUT2D eigenvalue weighted by Crippen LogP contribution is 2.31. The monoisotopic (exact) mass is 373 g/mol. The van der Waals surface area contributed by atoms with E-state index in [1.165, 1.54) is 36.7 Å². The van der Waals surface area contributed by atoms with E-state index >= 15 is 0 Å². The molecule has 0 N–H and O–H groups in total. The molecule has 4 nitrogen and oxygen atoms in total. The molecule has 1 atom stereocenters. The average molecular weight is 373 g/mol. The van der Waals surface area contributed by atoms with Gasteiger partial charge in [0, 0.05) is 24.7 Å². The van der Waals surface area contributed by atoms with E-state index in [4.69, 9.17) is 0 Å². The zero-order valence-corrected chi connectivity index (χ0v) is 15.9. The number of hydrogen-bond acceptors (Lipinski definition) is 4. The van der Waals surface area contributed by atoms with Gasteiger partial charge in [-0.25, -0.2) is 9.37 Å². The molecule has 26 heavy (non-hydrogen) atoms. The first-order valence-electron chi connectivity index (χ1n) is 9.39. The maximum Gasteiger partial charge on any atom is 0.265 e. The number of piperidine rings is 1. The number of amides is 1. The maximum atomic E-state index is 14.1. The molecule has 0 unspecified atom stereocenters. The second kappa shape index (κ2) is 7.45. The maximum absolute atomic E-state index is 14.1. The Labute approximate surface area is 157 Å². The van der Waals surface area contributed by atoms with Gasteiger partial charge in [-0.1, -0.05) is 12.1 Å². The molecule has 138 valence electrons.